The fourth-order valence-electron chi connectivity index (χ4n) is 10.2. The van der Waals surface area contributed by atoms with Crippen LogP contribution in [0.5, 0.6) is 0 Å². The normalized spacial score (nSPS) is 13.5. The number of thiophene rings is 1. The Morgan fingerprint density at radius 1 is 0.393 bits per heavy atom. The molecule has 258 valence electrons. The van der Waals surface area contributed by atoms with E-state index in [1.807, 2.05) is 11.3 Å². The second-order valence-electron chi connectivity index (χ2n) is 15.2. The lowest BCUT2D eigenvalue weighted by Gasteiger charge is -2.30. The van der Waals surface area contributed by atoms with Gasteiger partial charge >= 0.3 is 0 Å². The molecule has 0 amide bonds. The standard InChI is InChI=1S/C53H30N2S/c1-3-15-34-31(12-1)14-11-20-39(34)49-41-27-29-47-48(40-26-24-32-13-2-4-16-35(32)51(40)56-47)50(41)55-52(54-49)33-25-28-46-42(30-33)38-19-7-10-23-45(38)53(46)43-21-8-5-17-36(43)37-18-6-9-22-44(37)53/h1-30H. The third kappa shape index (κ3) is 3.85. The van der Waals surface area contributed by atoms with E-state index in [1.165, 1.54) is 86.2 Å². The molecule has 0 unspecified atom stereocenters. The molecule has 11 aromatic rings. The Kier molecular flexibility index (Phi) is 6.01. The maximum Gasteiger partial charge on any atom is 0.160 e. The Hall–Kier alpha value is -6.94. The van der Waals surface area contributed by atoms with Crippen LogP contribution < -0.4 is 0 Å². The summed E-state index contributed by atoms with van der Waals surface area (Å²) in [5, 5.41) is 8.42. The van der Waals surface area contributed by atoms with Crippen molar-refractivity contribution in [3.05, 3.63) is 204 Å². The maximum absolute atomic E-state index is 5.58. The fourth-order valence-corrected chi connectivity index (χ4v) is 11.4. The number of aromatic nitrogens is 2. The van der Waals surface area contributed by atoms with Gasteiger partial charge in [0, 0.05) is 36.7 Å². The summed E-state index contributed by atoms with van der Waals surface area (Å²) in [6.07, 6.45) is 0. The van der Waals surface area contributed by atoms with Crippen LogP contribution in [0, 0.1) is 0 Å². The van der Waals surface area contributed by atoms with Crippen molar-refractivity contribution in [2.24, 2.45) is 0 Å². The smallest absolute Gasteiger partial charge is 0.160 e. The largest absolute Gasteiger partial charge is 0.227 e. The second kappa shape index (κ2) is 11.1. The quantitative estimate of drug-likeness (QED) is 0.177. The predicted octanol–water partition coefficient (Wildman–Crippen LogP) is 14.0. The van der Waals surface area contributed by atoms with Crippen LogP contribution in [0.4, 0.5) is 0 Å². The molecule has 0 aliphatic heterocycles. The first kappa shape index (κ1) is 30.4. The van der Waals surface area contributed by atoms with Crippen LogP contribution >= 0.6 is 11.3 Å². The lowest BCUT2D eigenvalue weighted by atomic mass is 9.70. The predicted molar refractivity (Wildman–Crippen MR) is 235 cm³/mol. The van der Waals surface area contributed by atoms with Crippen LogP contribution in [0.3, 0.4) is 0 Å². The minimum absolute atomic E-state index is 0.388. The lowest BCUT2D eigenvalue weighted by molar-refractivity contribution is 0.794. The monoisotopic (exact) mass is 726 g/mol. The Morgan fingerprint density at radius 2 is 0.964 bits per heavy atom. The number of nitrogens with zero attached hydrogens (tertiary/aromatic N) is 2. The molecule has 2 heterocycles. The molecule has 0 fully saturated rings. The van der Waals surface area contributed by atoms with E-state index < -0.39 is 0 Å². The Balaban J connectivity index is 1.12. The van der Waals surface area contributed by atoms with Crippen molar-refractivity contribution in [2.75, 3.05) is 0 Å². The Labute approximate surface area is 327 Å². The molecule has 0 saturated heterocycles. The molecule has 2 nitrogen and oxygen atoms in total. The number of hydrogen-bond donors (Lipinski definition) is 0. The van der Waals surface area contributed by atoms with E-state index in [4.69, 9.17) is 9.97 Å². The highest BCUT2D eigenvalue weighted by atomic mass is 32.1. The fraction of sp³-hybridized carbons (Fsp3) is 0.0189. The molecule has 0 atom stereocenters. The molecule has 0 bridgehead atoms. The zero-order valence-electron chi connectivity index (χ0n) is 30.1. The van der Waals surface area contributed by atoms with E-state index in [9.17, 15) is 0 Å². The summed E-state index contributed by atoms with van der Waals surface area (Å²) in [5.74, 6) is 0.738. The second-order valence-corrected chi connectivity index (χ2v) is 16.2. The molecule has 13 rings (SSSR count). The molecule has 2 aromatic heterocycles. The topological polar surface area (TPSA) is 25.8 Å². The zero-order valence-corrected chi connectivity index (χ0v) is 30.9. The van der Waals surface area contributed by atoms with Crippen molar-refractivity contribution in [3.63, 3.8) is 0 Å². The first-order valence-electron chi connectivity index (χ1n) is 19.2. The number of fused-ring (bicyclic) bond motifs is 18. The summed E-state index contributed by atoms with van der Waals surface area (Å²) in [6, 6.07) is 66.9. The van der Waals surface area contributed by atoms with Crippen molar-refractivity contribution in [2.45, 2.75) is 5.41 Å². The van der Waals surface area contributed by atoms with Crippen molar-refractivity contribution in [1.82, 2.24) is 9.97 Å². The Morgan fingerprint density at radius 3 is 1.71 bits per heavy atom. The molecule has 56 heavy (non-hydrogen) atoms. The average molecular weight is 727 g/mol. The summed E-state index contributed by atoms with van der Waals surface area (Å²) in [4.78, 5) is 11.1. The average Bonchev–Trinajstić information content (AvgIpc) is 3.90. The first-order valence-corrected chi connectivity index (χ1v) is 20.1. The SMILES string of the molecule is c1ccc2c(c1)-c1ccccc1C21c2ccccc2-c2cc(-c3nc(-c4cccc5ccccc45)c4ccc5sc6c7ccccc7ccc6c5c4n3)ccc21. The third-order valence-electron chi connectivity index (χ3n) is 12.5. The highest BCUT2D eigenvalue weighted by Gasteiger charge is 2.51. The molecule has 2 aliphatic carbocycles. The van der Waals surface area contributed by atoms with E-state index in [-0.39, 0.29) is 5.41 Å². The first-order chi connectivity index (χ1) is 27.8. The minimum atomic E-state index is -0.388. The van der Waals surface area contributed by atoms with Crippen molar-refractivity contribution >= 4 is 64.0 Å². The van der Waals surface area contributed by atoms with E-state index in [0.29, 0.717) is 0 Å². The van der Waals surface area contributed by atoms with E-state index in [1.54, 1.807) is 0 Å². The molecule has 3 heteroatoms. The summed E-state index contributed by atoms with van der Waals surface area (Å²) >= 11 is 1.86. The van der Waals surface area contributed by atoms with Gasteiger partial charge in [0.15, 0.2) is 5.82 Å². The number of hydrogen-bond acceptors (Lipinski definition) is 3. The van der Waals surface area contributed by atoms with Gasteiger partial charge < -0.3 is 0 Å². The van der Waals surface area contributed by atoms with Crippen LogP contribution in [0.25, 0.3) is 97.5 Å². The highest BCUT2D eigenvalue weighted by Crippen LogP contribution is 2.63. The zero-order chi connectivity index (χ0) is 36.5. The lowest BCUT2D eigenvalue weighted by Crippen LogP contribution is -2.25. The van der Waals surface area contributed by atoms with E-state index in [0.717, 1.165) is 33.5 Å². The van der Waals surface area contributed by atoms with Crippen LogP contribution in [0.15, 0.2) is 182 Å². The molecule has 9 aromatic carbocycles. The summed E-state index contributed by atoms with van der Waals surface area (Å²) in [7, 11) is 0. The van der Waals surface area contributed by atoms with Crippen LogP contribution in [0.2, 0.25) is 0 Å². The molecular formula is C53H30N2S. The van der Waals surface area contributed by atoms with Crippen molar-refractivity contribution < 1.29 is 0 Å². The van der Waals surface area contributed by atoms with Crippen LogP contribution in [-0.4, -0.2) is 9.97 Å². The van der Waals surface area contributed by atoms with Crippen LogP contribution in [0.1, 0.15) is 22.3 Å². The molecule has 0 saturated carbocycles. The van der Waals surface area contributed by atoms with E-state index in [2.05, 4.69) is 182 Å². The third-order valence-corrected chi connectivity index (χ3v) is 13.7. The van der Waals surface area contributed by atoms with Gasteiger partial charge in [0.25, 0.3) is 0 Å². The molecule has 0 radical (unpaired) electrons. The summed E-state index contributed by atoms with van der Waals surface area (Å²) in [6.45, 7) is 0. The van der Waals surface area contributed by atoms with Gasteiger partial charge in [-0.1, -0.05) is 164 Å². The van der Waals surface area contributed by atoms with Crippen LogP contribution in [-0.2, 0) is 5.41 Å². The van der Waals surface area contributed by atoms with Gasteiger partial charge in [-0.2, -0.15) is 0 Å². The van der Waals surface area contributed by atoms with Crippen molar-refractivity contribution in [3.8, 4) is 44.9 Å². The van der Waals surface area contributed by atoms with Gasteiger partial charge in [-0.05, 0) is 84.3 Å². The van der Waals surface area contributed by atoms with Crippen molar-refractivity contribution in [1.29, 1.82) is 0 Å². The number of benzene rings is 9. The van der Waals surface area contributed by atoms with Gasteiger partial charge in [-0.15, -0.1) is 11.3 Å². The van der Waals surface area contributed by atoms with Gasteiger partial charge in [-0.3, -0.25) is 0 Å². The molecule has 1 spiro atoms. The maximum atomic E-state index is 5.58. The highest BCUT2D eigenvalue weighted by molar-refractivity contribution is 7.26. The number of rotatable bonds is 2. The van der Waals surface area contributed by atoms with E-state index >= 15 is 0 Å². The molecular weight excluding hydrogens is 697 g/mol. The summed E-state index contributed by atoms with van der Waals surface area (Å²) in [5.41, 5.74) is 14.2. The van der Waals surface area contributed by atoms with Gasteiger partial charge in [-0.25, -0.2) is 9.97 Å². The van der Waals surface area contributed by atoms with Gasteiger partial charge in [0.2, 0.25) is 0 Å². The van der Waals surface area contributed by atoms with Gasteiger partial charge in [0.1, 0.15) is 0 Å². The molecule has 0 N–H and O–H groups in total. The minimum Gasteiger partial charge on any atom is -0.227 e. The summed E-state index contributed by atoms with van der Waals surface area (Å²) < 4.78 is 2.54. The molecule has 2 aliphatic rings. The van der Waals surface area contributed by atoms with Gasteiger partial charge in [0.05, 0.1) is 16.6 Å². The Bertz CT molecular complexity index is 3450.